The van der Waals surface area contributed by atoms with E-state index in [0.717, 1.165) is 17.7 Å². The van der Waals surface area contributed by atoms with Crippen molar-refractivity contribution < 1.29 is 14.4 Å². The van der Waals surface area contributed by atoms with Crippen LogP contribution < -0.4 is 15.5 Å². The largest absolute Gasteiger partial charge is 0.354 e. The molecule has 3 aromatic rings. The zero-order valence-corrected chi connectivity index (χ0v) is 22.3. The number of carbonyl (C=O) groups is 3. The van der Waals surface area contributed by atoms with Gasteiger partial charge in [0.25, 0.3) is 5.91 Å². The number of benzene rings is 3. The molecule has 0 radical (unpaired) electrons. The van der Waals surface area contributed by atoms with E-state index in [1.54, 1.807) is 34.1 Å². The summed E-state index contributed by atoms with van der Waals surface area (Å²) in [5.41, 5.74) is 2.36. The van der Waals surface area contributed by atoms with Crippen molar-refractivity contribution in [2.75, 3.05) is 43.1 Å². The Morgan fingerprint density at radius 1 is 0.900 bits per heavy atom. The fourth-order valence-electron chi connectivity index (χ4n) is 5.45. The predicted octanol–water partition coefficient (Wildman–Crippen LogP) is 3.59. The third kappa shape index (κ3) is 5.76. The number of likely N-dealkylation sites (tertiary alicyclic amines) is 1. The number of nitrogens with one attached hydrogen (secondary N) is 2. The minimum absolute atomic E-state index is 0.0123. The van der Waals surface area contributed by atoms with Crippen molar-refractivity contribution in [3.05, 3.63) is 96.1 Å². The predicted molar refractivity (Wildman–Crippen MR) is 152 cm³/mol. The molecule has 2 fully saturated rings. The molecule has 40 heavy (non-hydrogen) atoms. The highest BCUT2D eigenvalue weighted by Crippen LogP contribution is 2.39. The van der Waals surface area contributed by atoms with E-state index in [0.29, 0.717) is 50.4 Å². The van der Waals surface area contributed by atoms with Crippen LogP contribution in [0.4, 0.5) is 16.2 Å². The van der Waals surface area contributed by atoms with Crippen LogP contribution in [-0.4, -0.2) is 66.0 Å². The molecule has 9 heteroatoms. The van der Waals surface area contributed by atoms with Gasteiger partial charge in [0, 0.05) is 31.0 Å². The van der Waals surface area contributed by atoms with Crippen molar-refractivity contribution in [1.82, 2.24) is 15.1 Å². The molecule has 4 amide bonds. The highest BCUT2D eigenvalue weighted by molar-refractivity contribution is 5.97. The first-order valence-electron chi connectivity index (χ1n) is 13.5. The van der Waals surface area contributed by atoms with Crippen LogP contribution in [0.15, 0.2) is 84.9 Å². The summed E-state index contributed by atoms with van der Waals surface area (Å²) in [7, 11) is 0. The molecule has 0 aromatic heterocycles. The van der Waals surface area contributed by atoms with E-state index in [2.05, 4.69) is 21.6 Å². The number of piperidine rings is 1. The van der Waals surface area contributed by atoms with Gasteiger partial charge < -0.3 is 25.3 Å². The van der Waals surface area contributed by atoms with Gasteiger partial charge in [0.2, 0.25) is 5.91 Å². The number of rotatable bonds is 7. The second-order valence-corrected chi connectivity index (χ2v) is 10.1. The molecule has 2 saturated heterocycles. The minimum Gasteiger partial charge on any atom is -0.354 e. The van der Waals surface area contributed by atoms with Gasteiger partial charge in [0.1, 0.15) is 12.1 Å². The van der Waals surface area contributed by atoms with Gasteiger partial charge in [-0.25, -0.2) is 4.79 Å². The van der Waals surface area contributed by atoms with Gasteiger partial charge in [-0.2, -0.15) is 5.26 Å². The number of carbonyl (C=O) groups excluding carboxylic acids is 3. The summed E-state index contributed by atoms with van der Waals surface area (Å²) in [5, 5.41) is 14.8. The zero-order chi connectivity index (χ0) is 28.0. The third-order valence-corrected chi connectivity index (χ3v) is 7.64. The lowest BCUT2D eigenvalue weighted by atomic mass is 9.85. The van der Waals surface area contributed by atoms with Crippen LogP contribution in [0, 0.1) is 11.3 Å². The molecule has 2 heterocycles. The first-order valence-corrected chi connectivity index (χ1v) is 13.5. The number of nitriles is 1. The van der Waals surface area contributed by atoms with Crippen molar-refractivity contribution in [2.24, 2.45) is 0 Å². The Kier molecular flexibility index (Phi) is 7.97. The Morgan fingerprint density at radius 2 is 1.55 bits per heavy atom. The van der Waals surface area contributed by atoms with Crippen LogP contribution in [0.1, 0.15) is 24.0 Å². The van der Waals surface area contributed by atoms with Gasteiger partial charge in [0.05, 0.1) is 18.3 Å². The van der Waals surface area contributed by atoms with Crippen LogP contribution in [0.25, 0.3) is 0 Å². The van der Waals surface area contributed by atoms with Crippen LogP contribution in [0.5, 0.6) is 0 Å². The van der Waals surface area contributed by atoms with Crippen LogP contribution in [-0.2, 0) is 16.0 Å². The number of hydrogen-bond donors (Lipinski definition) is 2. The lowest BCUT2D eigenvalue weighted by molar-refractivity contribution is -0.137. The summed E-state index contributed by atoms with van der Waals surface area (Å²) >= 11 is 0. The van der Waals surface area contributed by atoms with E-state index in [1.165, 1.54) is 0 Å². The molecule has 5 rings (SSSR count). The van der Waals surface area contributed by atoms with Crippen molar-refractivity contribution >= 4 is 29.2 Å². The molecule has 1 spiro atoms. The van der Waals surface area contributed by atoms with E-state index >= 15 is 0 Å². The lowest BCUT2D eigenvalue weighted by Gasteiger charge is -2.43. The highest BCUT2D eigenvalue weighted by Gasteiger charge is 2.54. The Balaban J connectivity index is 1.23. The summed E-state index contributed by atoms with van der Waals surface area (Å²) in [6.07, 6.45) is 1.63. The molecule has 2 N–H and O–H groups in total. The summed E-state index contributed by atoms with van der Waals surface area (Å²) in [4.78, 5) is 45.1. The second-order valence-electron chi connectivity index (χ2n) is 10.1. The monoisotopic (exact) mass is 536 g/mol. The molecule has 0 bridgehead atoms. The second kappa shape index (κ2) is 11.9. The van der Waals surface area contributed by atoms with Gasteiger partial charge in [-0.15, -0.1) is 0 Å². The van der Waals surface area contributed by atoms with Crippen LogP contribution in [0.3, 0.4) is 0 Å². The third-order valence-electron chi connectivity index (χ3n) is 7.64. The van der Waals surface area contributed by atoms with Crippen LogP contribution in [0.2, 0.25) is 0 Å². The zero-order valence-electron chi connectivity index (χ0n) is 22.3. The van der Waals surface area contributed by atoms with E-state index in [9.17, 15) is 14.4 Å². The number of anilines is 2. The van der Waals surface area contributed by atoms with E-state index in [-0.39, 0.29) is 24.4 Å². The summed E-state index contributed by atoms with van der Waals surface area (Å²) in [6, 6.07) is 28.2. The van der Waals surface area contributed by atoms with E-state index in [4.69, 9.17) is 5.26 Å². The average molecular weight is 537 g/mol. The van der Waals surface area contributed by atoms with Gasteiger partial charge in [0.15, 0.2) is 0 Å². The summed E-state index contributed by atoms with van der Waals surface area (Å²) < 4.78 is 0. The molecule has 0 saturated carbocycles. The smallest absolute Gasteiger partial charge is 0.321 e. The maximum atomic E-state index is 13.9. The molecular formula is C31H32N6O3. The molecule has 3 aromatic carbocycles. The standard InChI is InChI=1S/C31H32N6O3/c32-21-25-11-13-26(14-12-25)34-30(40)35-19-16-31(17-20-35)29(39)36(23-37(31)27-9-5-2-6-10-27)22-28(38)33-18-15-24-7-3-1-4-8-24/h1-14H,15-20,22-23H2,(H,33,38)(H,34,40). The summed E-state index contributed by atoms with van der Waals surface area (Å²) in [5.74, 6) is -0.268. The Bertz CT molecular complexity index is 1380. The molecule has 2 aliphatic rings. The number of hydrogen-bond acceptors (Lipinski definition) is 5. The van der Waals surface area contributed by atoms with Crippen molar-refractivity contribution in [2.45, 2.75) is 24.8 Å². The van der Waals surface area contributed by atoms with Gasteiger partial charge in [-0.05, 0) is 61.2 Å². The van der Waals surface area contributed by atoms with Crippen molar-refractivity contribution in [3.63, 3.8) is 0 Å². The fraction of sp³-hybridized carbons (Fsp3) is 0.290. The fourth-order valence-corrected chi connectivity index (χ4v) is 5.45. The van der Waals surface area contributed by atoms with Gasteiger partial charge >= 0.3 is 6.03 Å². The summed E-state index contributed by atoms with van der Waals surface area (Å²) in [6.45, 7) is 1.60. The first-order chi connectivity index (χ1) is 19.5. The molecule has 9 nitrogen and oxygen atoms in total. The van der Waals surface area contributed by atoms with Crippen molar-refractivity contribution in [3.8, 4) is 6.07 Å². The number of nitrogens with zero attached hydrogens (tertiary/aromatic N) is 4. The molecule has 2 aliphatic heterocycles. The maximum absolute atomic E-state index is 13.9. The number of urea groups is 1. The van der Waals surface area contributed by atoms with Crippen LogP contribution >= 0.6 is 0 Å². The quantitative estimate of drug-likeness (QED) is 0.480. The average Bonchev–Trinajstić information content (AvgIpc) is 3.25. The van der Waals surface area contributed by atoms with Gasteiger partial charge in [-0.1, -0.05) is 48.5 Å². The molecular weight excluding hydrogens is 504 g/mol. The molecule has 0 atom stereocenters. The van der Waals surface area contributed by atoms with Gasteiger partial charge in [-0.3, -0.25) is 9.59 Å². The topological polar surface area (TPSA) is 109 Å². The van der Waals surface area contributed by atoms with E-state index in [1.807, 2.05) is 60.7 Å². The Labute approximate surface area is 234 Å². The highest BCUT2D eigenvalue weighted by atomic mass is 16.2. The number of amides is 4. The molecule has 0 aliphatic carbocycles. The molecule has 204 valence electrons. The Morgan fingerprint density at radius 3 is 2.20 bits per heavy atom. The van der Waals surface area contributed by atoms with E-state index < -0.39 is 5.54 Å². The SMILES string of the molecule is N#Cc1ccc(NC(=O)N2CCC3(CC2)C(=O)N(CC(=O)NCCc2ccccc2)CN3c2ccccc2)cc1. The number of para-hydroxylation sites is 1. The Hall–Kier alpha value is -4.84. The lowest BCUT2D eigenvalue weighted by Crippen LogP contribution is -2.58. The normalized spacial score (nSPS) is 16.1. The first kappa shape index (κ1) is 26.8. The van der Waals surface area contributed by atoms with Crippen molar-refractivity contribution in [1.29, 1.82) is 5.26 Å². The maximum Gasteiger partial charge on any atom is 0.321 e. The minimum atomic E-state index is -0.823. The molecule has 0 unspecified atom stereocenters.